The fraction of sp³-hybridized carbons (Fsp3) is 0.562. The van der Waals surface area contributed by atoms with E-state index < -0.39 is 5.60 Å². The summed E-state index contributed by atoms with van der Waals surface area (Å²) in [6, 6.07) is 11.1. The molecule has 1 unspecified atom stereocenters. The van der Waals surface area contributed by atoms with Crippen molar-refractivity contribution in [1.82, 2.24) is 0 Å². The van der Waals surface area contributed by atoms with Crippen molar-refractivity contribution in [1.29, 1.82) is 0 Å². The minimum Gasteiger partial charge on any atom is -0.460 e. The molecule has 103 valence electrons. The molecular weight excluding hydrogens is 238 g/mol. The van der Waals surface area contributed by atoms with E-state index >= 15 is 0 Å². The van der Waals surface area contributed by atoms with Gasteiger partial charge in [0.15, 0.2) is 0 Å². The zero-order valence-corrected chi connectivity index (χ0v) is 12.0. The van der Waals surface area contributed by atoms with Crippen LogP contribution in [0.4, 0.5) is 5.69 Å². The van der Waals surface area contributed by atoms with Crippen LogP contribution in [0.3, 0.4) is 0 Å². The summed E-state index contributed by atoms with van der Waals surface area (Å²) in [7, 11) is 0. The smallest absolute Gasteiger partial charge is 0.311 e. The summed E-state index contributed by atoms with van der Waals surface area (Å²) in [5, 5.41) is 0. The second-order valence-corrected chi connectivity index (χ2v) is 6.07. The maximum absolute atomic E-state index is 12.1. The number of hydrogen-bond donors (Lipinski definition) is 0. The number of carbonyl (C=O) groups is 1. The van der Waals surface area contributed by atoms with Crippen LogP contribution in [0.1, 0.15) is 33.6 Å². The highest BCUT2D eigenvalue weighted by atomic mass is 16.6. The molecule has 1 atom stereocenters. The summed E-state index contributed by atoms with van der Waals surface area (Å²) in [6.07, 6.45) is 1.94. The molecule has 1 radical (unpaired) electrons. The molecular formula is C16H22NO2. The zero-order chi connectivity index (χ0) is 13.9. The predicted octanol–water partition coefficient (Wildman–Crippen LogP) is 3.04. The number of hydrogen-bond acceptors (Lipinski definition) is 3. The van der Waals surface area contributed by atoms with Crippen molar-refractivity contribution in [3.8, 4) is 0 Å². The van der Waals surface area contributed by atoms with Gasteiger partial charge in [-0.1, -0.05) is 18.2 Å². The second kappa shape index (κ2) is 5.64. The number of piperidine rings is 1. The van der Waals surface area contributed by atoms with E-state index in [2.05, 4.69) is 11.0 Å². The van der Waals surface area contributed by atoms with Crippen LogP contribution in [0.2, 0.25) is 0 Å². The van der Waals surface area contributed by atoms with Gasteiger partial charge in [-0.05, 0) is 39.7 Å². The molecule has 3 heteroatoms. The van der Waals surface area contributed by atoms with Gasteiger partial charge < -0.3 is 9.64 Å². The molecule has 1 aliphatic rings. The first kappa shape index (κ1) is 13.9. The first-order chi connectivity index (χ1) is 8.96. The monoisotopic (exact) mass is 260 g/mol. The molecule has 1 aromatic carbocycles. The fourth-order valence-electron chi connectivity index (χ4n) is 2.35. The number of benzene rings is 1. The minimum absolute atomic E-state index is 0.0263. The SMILES string of the molecule is CC(C)(C)OC(=O)C1CCCN(c2[c]cccc2)C1. The Morgan fingerprint density at radius 1 is 1.42 bits per heavy atom. The maximum atomic E-state index is 12.1. The number of para-hydroxylation sites is 1. The van der Waals surface area contributed by atoms with Crippen molar-refractivity contribution in [2.24, 2.45) is 5.92 Å². The molecule has 3 nitrogen and oxygen atoms in total. The standard InChI is InChI=1S/C16H22NO2/c1-16(2,3)19-15(18)13-8-7-11-17(12-13)14-9-5-4-6-10-14/h4-6,9,13H,7-8,11-12H2,1-3H3. The Kier molecular flexibility index (Phi) is 4.13. The van der Waals surface area contributed by atoms with Crippen LogP contribution in [-0.4, -0.2) is 24.7 Å². The number of anilines is 1. The largest absolute Gasteiger partial charge is 0.460 e. The van der Waals surface area contributed by atoms with Crippen molar-refractivity contribution >= 4 is 11.7 Å². The van der Waals surface area contributed by atoms with E-state index in [1.807, 2.05) is 45.0 Å². The number of ether oxygens (including phenoxy) is 1. The lowest BCUT2D eigenvalue weighted by Gasteiger charge is -2.34. The van der Waals surface area contributed by atoms with Gasteiger partial charge in [-0.3, -0.25) is 4.79 Å². The summed E-state index contributed by atoms with van der Waals surface area (Å²) < 4.78 is 5.49. The fourth-order valence-corrected chi connectivity index (χ4v) is 2.35. The van der Waals surface area contributed by atoms with E-state index in [9.17, 15) is 4.79 Å². The summed E-state index contributed by atoms with van der Waals surface area (Å²) in [5.41, 5.74) is 0.661. The third-order valence-electron chi connectivity index (χ3n) is 3.19. The number of rotatable bonds is 2. The minimum atomic E-state index is -0.405. The average Bonchev–Trinajstić information content (AvgIpc) is 2.38. The van der Waals surface area contributed by atoms with Crippen LogP contribution in [0.5, 0.6) is 0 Å². The van der Waals surface area contributed by atoms with E-state index in [0.29, 0.717) is 0 Å². The molecule has 0 aromatic heterocycles. The molecule has 1 aromatic rings. The normalized spacial score (nSPS) is 20.2. The average molecular weight is 260 g/mol. The van der Waals surface area contributed by atoms with Crippen LogP contribution in [-0.2, 0) is 9.53 Å². The predicted molar refractivity (Wildman–Crippen MR) is 76.1 cm³/mol. The highest BCUT2D eigenvalue weighted by Crippen LogP contribution is 2.24. The Hall–Kier alpha value is -1.51. The molecule has 0 aliphatic carbocycles. The highest BCUT2D eigenvalue weighted by molar-refractivity contribution is 5.74. The number of carbonyl (C=O) groups excluding carboxylic acids is 1. The molecule has 1 heterocycles. The number of esters is 1. The third kappa shape index (κ3) is 3.98. The second-order valence-electron chi connectivity index (χ2n) is 6.07. The van der Waals surface area contributed by atoms with Gasteiger partial charge >= 0.3 is 5.97 Å². The maximum Gasteiger partial charge on any atom is 0.311 e. The Balaban J connectivity index is 2.00. The van der Waals surface area contributed by atoms with Crippen molar-refractivity contribution in [2.45, 2.75) is 39.2 Å². The van der Waals surface area contributed by atoms with Crippen LogP contribution >= 0.6 is 0 Å². The summed E-state index contributed by atoms with van der Waals surface area (Å²) >= 11 is 0. The van der Waals surface area contributed by atoms with E-state index in [0.717, 1.165) is 31.6 Å². The Morgan fingerprint density at radius 3 is 2.84 bits per heavy atom. The van der Waals surface area contributed by atoms with Gasteiger partial charge in [0.1, 0.15) is 5.60 Å². The topological polar surface area (TPSA) is 29.5 Å². The van der Waals surface area contributed by atoms with Gasteiger partial charge in [-0.2, -0.15) is 0 Å². The summed E-state index contributed by atoms with van der Waals surface area (Å²) in [6.45, 7) is 7.46. The molecule has 0 amide bonds. The van der Waals surface area contributed by atoms with E-state index in [-0.39, 0.29) is 11.9 Å². The van der Waals surface area contributed by atoms with Gasteiger partial charge in [0.05, 0.1) is 5.92 Å². The third-order valence-corrected chi connectivity index (χ3v) is 3.19. The van der Waals surface area contributed by atoms with Crippen LogP contribution in [0.15, 0.2) is 24.3 Å². The van der Waals surface area contributed by atoms with E-state index in [1.165, 1.54) is 0 Å². The molecule has 1 aliphatic heterocycles. The van der Waals surface area contributed by atoms with Crippen molar-refractivity contribution < 1.29 is 9.53 Å². The Morgan fingerprint density at radius 2 is 2.21 bits per heavy atom. The molecule has 19 heavy (non-hydrogen) atoms. The van der Waals surface area contributed by atoms with Crippen LogP contribution in [0, 0.1) is 12.0 Å². The van der Waals surface area contributed by atoms with Crippen LogP contribution in [0.25, 0.3) is 0 Å². The van der Waals surface area contributed by atoms with Crippen molar-refractivity contribution in [3.05, 3.63) is 30.3 Å². The lowest BCUT2D eigenvalue weighted by molar-refractivity contribution is -0.160. The molecule has 2 rings (SSSR count). The molecule has 1 fully saturated rings. The van der Waals surface area contributed by atoms with Gasteiger partial charge in [0.25, 0.3) is 0 Å². The zero-order valence-electron chi connectivity index (χ0n) is 12.0. The van der Waals surface area contributed by atoms with Gasteiger partial charge in [0.2, 0.25) is 0 Å². The first-order valence-corrected chi connectivity index (χ1v) is 6.90. The van der Waals surface area contributed by atoms with Gasteiger partial charge in [0, 0.05) is 24.8 Å². The van der Waals surface area contributed by atoms with Gasteiger partial charge in [-0.15, -0.1) is 0 Å². The van der Waals surface area contributed by atoms with Crippen LogP contribution < -0.4 is 4.90 Å². The lowest BCUT2D eigenvalue weighted by Crippen LogP contribution is -2.41. The molecule has 0 N–H and O–H groups in total. The quantitative estimate of drug-likeness (QED) is 0.765. The highest BCUT2D eigenvalue weighted by Gasteiger charge is 2.29. The Labute approximate surface area is 115 Å². The molecule has 0 saturated carbocycles. The Bertz CT molecular complexity index is 422. The summed E-state index contributed by atoms with van der Waals surface area (Å²) in [5.74, 6) is -0.102. The number of nitrogens with zero attached hydrogens (tertiary/aromatic N) is 1. The first-order valence-electron chi connectivity index (χ1n) is 6.90. The van der Waals surface area contributed by atoms with Crippen molar-refractivity contribution in [3.63, 3.8) is 0 Å². The van der Waals surface area contributed by atoms with Crippen molar-refractivity contribution in [2.75, 3.05) is 18.0 Å². The van der Waals surface area contributed by atoms with Gasteiger partial charge in [-0.25, -0.2) is 0 Å². The van der Waals surface area contributed by atoms with E-state index in [4.69, 9.17) is 4.74 Å². The molecule has 0 bridgehead atoms. The summed E-state index contributed by atoms with van der Waals surface area (Å²) in [4.78, 5) is 14.4. The van der Waals surface area contributed by atoms with E-state index in [1.54, 1.807) is 0 Å². The molecule has 0 spiro atoms. The lowest BCUT2D eigenvalue weighted by atomic mass is 9.97. The molecule has 1 saturated heterocycles.